The van der Waals surface area contributed by atoms with Crippen LogP contribution in [0.1, 0.15) is 12.0 Å². The molecule has 0 spiro atoms. The third-order valence-corrected chi connectivity index (χ3v) is 5.55. The number of sulfonamides is 1. The van der Waals surface area contributed by atoms with Gasteiger partial charge in [-0.25, -0.2) is 17.5 Å². The molecule has 2 rings (SSSR count). The average Bonchev–Trinajstić information content (AvgIpc) is 2.88. The van der Waals surface area contributed by atoms with Crippen LogP contribution in [-0.4, -0.2) is 32.5 Å². The van der Waals surface area contributed by atoms with Gasteiger partial charge in [-0.2, -0.15) is 11.8 Å². The van der Waals surface area contributed by atoms with E-state index in [4.69, 9.17) is 5.73 Å². The van der Waals surface area contributed by atoms with E-state index in [1.165, 1.54) is 6.07 Å². The third kappa shape index (κ3) is 3.73. The van der Waals surface area contributed by atoms with Crippen molar-refractivity contribution in [2.75, 3.05) is 18.1 Å². The normalized spacial score (nSPS) is 18.6. The van der Waals surface area contributed by atoms with E-state index in [0.717, 1.165) is 30.1 Å². The van der Waals surface area contributed by atoms with Gasteiger partial charge < -0.3 is 5.73 Å². The van der Waals surface area contributed by atoms with Gasteiger partial charge >= 0.3 is 0 Å². The van der Waals surface area contributed by atoms with Gasteiger partial charge in [-0.15, -0.1) is 0 Å². The summed E-state index contributed by atoms with van der Waals surface area (Å²) in [5.74, 6) is 6.33. The van der Waals surface area contributed by atoms with Crippen LogP contribution in [0.3, 0.4) is 0 Å². The van der Waals surface area contributed by atoms with Gasteiger partial charge in [0.1, 0.15) is 5.82 Å². The molecule has 3 N–H and O–H groups in total. The lowest BCUT2D eigenvalue weighted by Crippen LogP contribution is -2.35. The van der Waals surface area contributed by atoms with Crippen LogP contribution >= 0.6 is 11.8 Å². The zero-order chi connectivity index (χ0) is 14.6. The standard InChI is InChI=1S/C13H15FN2O2S2/c14-11-3-4-13(10(8-11)2-1-6-15)20(17,18)16-12-5-7-19-9-12/h3-4,8,12,16H,5-7,9,15H2. The Morgan fingerprint density at radius 1 is 1.50 bits per heavy atom. The van der Waals surface area contributed by atoms with Gasteiger partial charge in [0, 0.05) is 17.4 Å². The molecule has 7 heteroatoms. The van der Waals surface area contributed by atoms with E-state index in [1.807, 2.05) is 0 Å². The summed E-state index contributed by atoms with van der Waals surface area (Å²) < 4.78 is 40.6. The zero-order valence-electron chi connectivity index (χ0n) is 10.7. The van der Waals surface area contributed by atoms with Crippen LogP contribution in [0.15, 0.2) is 23.1 Å². The predicted octanol–water partition coefficient (Wildman–Crippen LogP) is 0.920. The van der Waals surface area contributed by atoms with Crippen molar-refractivity contribution in [3.8, 4) is 11.8 Å². The SMILES string of the molecule is NCC#Cc1cc(F)ccc1S(=O)(=O)NC1CCSC1. The summed E-state index contributed by atoms with van der Waals surface area (Å²) in [4.78, 5) is -0.00301. The first-order valence-electron chi connectivity index (χ1n) is 6.11. The fourth-order valence-electron chi connectivity index (χ4n) is 1.89. The minimum Gasteiger partial charge on any atom is -0.320 e. The second-order valence-corrected chi connectivity index (χ2v) is 7.16. The molecule has 1 unspecified atom stereocenters. The molecule has 1 aromatic carbocycles. The molecule has 1 atom stereocenters. The molecule has 0 saturated carbocycles. The molecule has 1 aliphatic rings. The maximum atomic E-state index is 13.2. The molecule has 1 saturated heterocycles. The summed E-state index contributed by atoms with van der Waals surface area (Å²) in [6.45, 7) is 0.0860. The second-order valence-electron chi connectivity index (χ2n) is 4.33. The minimum absolute atomic E-state index is 0.00301. The highest BCUT2D eigenvalue weighted by atomic mass is 32.2. The van der Waals surface area contributed by atoms with E-state index in [1.54, 1.807) is 11.8 Å². The Balaban J connectivity index is 2.34. The molecule has 1 aliphatic heterocycles. The molecule has 1 heterocycles. The van der Waals surface area contributed by atoms with Crippen molar-refractivity contribution < 1.29 is 12.8 Å². The molecule has 0 bridgehead atoms. The van der Waals surface area contributed by atoms with Gasteiger partial charge in [-0.1, -0.05) is 11.8 Å². The lowest BCUT2D eigenvalue weighted by molar-refractivity contribution is 0.562. The van der Waals surface area contributed by atoms with Crippen molar-refractivity contribution >= 4 is 21.8 Å². The Kier molecular flexibility index (Phi) is 5.05. The van der Waals surface area contributed by atoms with Gasteiger partial charge in [-0.05, 0) is 30.4 Å². The van der Waals surface area contributed by atoms with Crippen LogP contribution in [0.5, 0.6) is 0 Å². The first-order valence-corrected chi connectivity index (χ1v) is 8.75. The molecule has 0 aromatic heterocycles. The van der Waals surface area contributed by atoms with Crippen molar-refractivity contribution in [1.82, 2.24) is 4.72 Å². The number of nitrogens with one attached hydrogen (secondary N) is 1. The van der Waals surface area contributed by atoms with E-state index < -0.39 is 15.8 Å². The zero-order valence-corrected chi connectivity index (χ0v) is 12.4. The van der Waals surface area contributed by atoms with Gasteiger partial charge in [-0.3, -0.25) is 0 Å². The summed E-state index contributed by atoms with van der Waals surface area (Å²) in [6, 6.07) is 3.39. The van der Waals surface area contributed by atoms with Gasteiger partial charge in [0.2, 0.25) is 10.0 Å². The Labute approximate surface area is 122 Å². The van der Waals surface area contributed by atoms with Crippen molar-refractivity contribution in [1.29, 1.82) is 0 Å². The molecule has 0 radical (unpaired) electrons. The van der Waals surface area contributed by atoms with E-state index in [2.05, 4.69) is 16.6 Å². The molecule has 108 valence electrons. The Morgan fingerprint density at radius 2 is 2.30 bits per heavy atom. The highest BCUT2D eigenvalue weighted by Gasteiger charge is 2.25. The molecule has 1 fully saturated rings. The van der Waals surface area contributed by atoms with E-state index >= 15 is 0 Å². The summed E-state index contributed by atoms with van der Waals surface area (Å²) >= 11 is 1.71. The van der Waals surface area contributed by atoms with Crippen LogP contribution in [-0.2, 0) is 10.0 Å². The van der Waals surface area contributed by atoms with E-state index in [-0.39, 0.29) is 23.0 Å². The summed E-state index contributed by atoms with van der Waals surface area (Å²) in [5, 5.41) is 0. The highest BCUT2D eigenvalue weighted by molar-refractivity contribution is 7.99. The van der Waals surface area contributed by atoms with E-state index in [0.29, 0.717) is 0 Å². The fourth-order valence-corrected chi connectivity index (χ4v) is 4.56. The van der Waals surface area contributed by atoms with Crippen molar-refractivity contribution in [2.45, 2.75) is 17.4 Å². The van der Waals surface area contributed by atoms with Gasteiger partial charge in [0.05, 0.1) is 11.4 Å². The first kappa shape index (κ1) is 15.3. The topological polar surface area (TPSA) is 72.2 Å². The number of thioether (sulfide) groups is 1. The van der Waals surface area contributed by atoms with Crippen molar-refractivity contribution in [3.63, 3.8) is 0 Å². The molecule has 0 aliphatic carbocycles. The molecular weight excluding hydrogens is 299 g/mol. The number of halogens is 1. The maximum Gasteiger partial charge on any atom is 0.242 e. The molecule has 20 heavy (non-hydrogen) atoms. The molecule has 0 amide bonds. The Bertz CT molecular complexity index is 644. The lowest BCUT2D eigenvalue weighted by Gasteiger charge is -2.13. The van der Waals surface area contributed by atoms with Gasteiger partial charge in [0.15, 0.2) is 0 Å². The highest BCUT2D eigenvalue weighted by Crippen LogP contribution is 2.21. The number of hydrogen-bond donors (Lipinski definition) is 2. The average molecular weight is 314 g/mol. The maximum absolute atomic E-state index is 13.2. The molecule has 1 aromatic rings. The lowest BCUT2D eigenvalue weighted by atomic mass is 10.2. The second kappa shape index (κ2) is 6.59. The number of hydrogen-bond acceptors (Lipinski definition) is 4. The number of rotatable bonds is 3. The van der Waals surface area contributed by atoms with Crippen molar-refractivity contribution in [3.05, 3.63) is 29.6 Å². The fraction of sp³-hybridized carbons (Fsp3) is 0.385. The monoisotopic (exact) mass is 314 g/mol. The number of nitrogens with two attached hydrogens (primary N) is 1. The Morgan fingerprint density at radius 3 is 2.95 bits per heavy atom. The quantitative estimate of drug-likeness (QED) is 0.814. The van der Waals surface area contributed by atoms with Crippen LogP contribution in [0, 0.1) is 17.7 Å². The Hall–Kier alpha value is -1.07. The van der Waals surface area contributed by atoms with E-state index in [9.17, 15) is 12.8 Å². The van der Waals surface area contributed by atoms with Crippen molar-refractivity contribution in [2.24, 2.45) is 5.73 Å². The predicted molar refractivity (Wildman–Crippen MR) is 78.4 cm³/mol. The van der Waals surface area contributed by atoms with Crippen LogP contribution < -0.4 is 10.5 Å². The first-order chi connectivity index (χ1) is 9.53. The van der Waals surface area contributed by atoms with Crippen LogP contribution in [0.2, 0.25) is 0 Å². The van der Waals surface area contributed by atoms with Gasteiger partial charge in [0.25, 0.3) is 0 Å². The largest absolute Gasteiger partial charge is 0.320 e. The number of benzene rings is 1. The summed E-state index contributed by atoms with van der Waals surface area (Å²) in [6.07, 6.45) is 0.800. The minimum atomic E-state index is -3.69. The molecular formula is C13H15FN2O2S2. The molecule has 4 nitrogen and oxygen atoms in total. The summed E-state index contributed by atoms with van der Waals surface area (Å²) in [7, 11) is -3.69. The third-order valence-electron chi connectivity index (χ3n) is 2.81. The van der Waals surface area contributed by atoms with Crippen LogP contribution in [0.25, 0.3) is 0 Å². The summed E-state index contributed by atoms with van der Waals surface area (Å²) in [5.41, 5.74) is 5.40. The smallest absolute Gasteiger partial charge is 0.242 e. The van der Waals surface area contributed by atoms with Crippen LogP contribution in [0.4, 0.5) is 4.39 Å².